The molecular formula is C19H30N2O4S. The molecule has 0 aromatic heterocycles. The molecule has 1 aromatic rings. The fourth-order valence-corrected chi connectivity index (χ4v) is 4.50. The van der Waals surface area contributed by atoms with Gasteiger partial charge in [0, 0.05) is 25.6 Å². The van der Waals surface area contributed by atoms with Crippen LogP contribution in [0.3, 0.4) is 0 Å². The van der Waals surface area contributed by atoms with Crippen LogP contribution >= 0.6 is 0 Å². The predicted octanol–water partition coefficient (Wildman–Crippen LogP) is 2.57. The van der Waals surface area contributed by atoms with Gasteiger partial charge >= 0.3 is 0 Å². The highest BCUT2D eigenvalue weighted by Gasteiger charge is 2.27. The number of carbonyl (C=O) groups is 1. The number of amides is 1. The van der Waals surface area contributed by atoms with E-state index in [0.29, 0.717) is 37.6 Å². The summed E-state index contributed by atoms with van der Waals surface area (Å²) in [5.74, 6) is 0.929. The molecule has 7 heteroatoms. The van der Waals surface area contributed by atoms with Crippen molar-refractivity contribution in [2.75, 3.05) is 20.2 Å². The molecule has 1 fully saturated rings. The molecule has 6 nitrogen and oxygen atoms in total. The van der Waals surface area contributed by atoms with Crippen LogP contribution in [0.5, 0.6) is 5.75 Å². The minimum atomic E-state index is -3.48. The summed E-state index contributed by atoms with van der Waals surface area (Å²) in [7, 11) is -1.93. The molecule has 2 rings (SSSR count). The highest BCUT2D eigenvalue weighted by molar-refractivity contribution is 7.89. The SMILES string of the molecule is COc1ccc(S(=O)(=O)N2CCCC2)cc1CCC(=O)NC(C)C(C)C. The molecule has 26 heavy (non-hydrogen) atoms. The van der Waals surface area contributed by atoms with Crippen LogP contribution in [-0.4, -0.2) is 44.9 Å². The van der Waals surface area contributed by atoms with Crippen molar-refractivity contribution in [1.82, 2.24) is 9.62 Å². The lowest BCUT2D eigenvalue weighted by Gasteiger charge is -2.18. The summed E-state index contributed by atoms with van der Waals surface area (Å²) in [6.07, 6.45) is 2.52. The third kappa shape index (κ3) is 4.98. The first-order valence-electron chi connectivity index (χ1n) is 9.22. The Morgan fingerprint density at radius 2 is 1.88 bits per heavy atom. The van der Waals surface area contributed by atoms with Gasteiger partial charge in [0.1, 0.15) is 5.75 Å². The molecule has 1 aliphatic heterocycles. The third-order valence-electron chi connectivity index (χ3n) is 4.96. The molecule has 0 saturated carbocycles. The van der Waals surface area contributed by atoms with Crippen molar-refractivity contribution in [3.05, 3.63) is 23.8 Å². The first kappa shape index (κ1) is 20.7. The Hall–Kier alpha value is -1.60. The van der Waals surface area contributed by atoms with Crippen molar-refractivity contribution in [2.45, 2.75) is 57.4 Å². The van der Waals surface area contributed by atoms with Crippen LogP contribution < -0.4 is 10.1 Å². The van der Waals surface area contributed by atoms with E-state index in [-0.39, 0.29) is 16.8 Å². The highest BCUT2D eigenvalue weighted by atomic mass is 32.2. The van der Waals surface area contributed by atoms with Gasteiger partial charge in [-0.15, -0.1) is 0 Å². The number of nitrogens with one attached hydrogen (secondary N) is 1. The van der Waals surface area contributed by atoms with Crippen LogP contribution in [0.15, 0.2) is 23.1 Å². The molecule has 146 valence electrons. The fourth-order valence-electron chi connectivity index (χ4n) is 2.93. The second-order valence-electron chi connectivity index (χ2n) is 7.19. The maximum absolute atomic E-state index is 12.8. The van der Waals surface area contributed by atoms with Crippen LogP contribution in [0.2, 0.25) is 0 Å². The van der Waals surface area contributed by atoms with Crippen LogP contribution in [0.25, 0.3) is 0 Å². The fraction of sp³-hybridized carbons (Fsp3) is 0.632. The number of methoxy groups -OCH3 is 1. The van der Waals surface area contributed by atoms with Crippen molar-refractivity contribution in [3.8, 4) is 5.75 Å². The van der Waals surface area contributed by atoms with Gasteiger partial charge in [-0.05, 0) is 55.9 Å². The second kappa shape index (κ2) is 8.86. The first-order valence-corrected chi connectivity index (χ1v) is 10.7. The normalized spacial score (nSPS) is 16.7. The average molecular weight is 383 g/mol. The van der Waals surface area contributed by atoms with E-state index < -0.39 is 10.0 Å². The Kier molecular flexibility index (Phi) is 7.06. The van der Waals surface area contributed by atoms with Gasteiger partial charge in [0.15, 0.2) is 0 Å². The summed E-state index contributed by atoms with van der Waals surface area (Å²) in [5, 5.41) is 2.97. The summed E-state index contributed by atoms with van der Waals surface area (Å²) in [6.45, 7) is 7.23. The number of nitrogens with zero attached hydrogens (tertiary/aromatic N) is 1. The van der Waals surface area contributed by atoms with E-state index in [2.05, 4.69) is 19.2 Å². The molecule has 1 atom stereocenters. The van der Waals surface area contributed by atoms with Crippen molar-refractivity contribution < 1.29 is 17.9 Å². The van der Waals surface area contributed by atoms with Gasteiger partial charge in [-0.1, -0.05) is 13.8 Å². The summed E-state index contributed by atoms with van der Waals surface area (Å²) in [4.78, 5) is 12.4. The zero-order chi connectivity index (χ0) is 19.3. The summed E-state index contributed by atoms with van der Waals surface area (Å²) in [5.41, 5.74) is 0.736. The monoisotopic (exact) mass is 382 g/mol. The number of hydrogen-bond acceptors (Lipinski definition) is 4. The first-order chi connectivity index (χ1) is 12.3. The van der Waals surface area contributed by atoms with Crippen molar-refractivity contribution in [3.63, 3.8) is 0 Å². The Balaban J connectivity index is 2.13. The number of rotatable bonds is 8. The van der Waals surface area contributed by atoms with Crippen molar-refractivity contribution >= 4 is 15.9 Å². The van der Waals surface area contributed by atoms with Crippen molar-refractivity contribution in [2.24, 2.45) is 5.92 Å². The Bertz CT molecular complexity index is 725. The number of benzene rings is 1. The molecule has 0 bridgehead atoms. The zero-order valence-electron chi connectivity index (χ0n) is 16.1. The number of hydrogen-bond donors (Lipinski definition) is 1. The van der Waals surface area contributed by atoms with Crippen molar-refractivity contribution in [1.29, 1.82) is 0 Å². The Morgan fingerprint density at radius 3 is 2.46 bits per heavy atom. The highest BCUT2D eigenvalue weighted by Crippen LogP contribution is 2.27. The third-order valence-corrected chi connectivity index (χ3v) is 6.86. The van der Waals surface area contributed by atoms with E-state index in [1.54, 1.807) is 25.3 Å². The van der Waals surface area contributed by atoms with E-state index in [4.69, 9.17) is 4.74 Å². The lowest BCUT2D eigenvalue weighted by Crippen LogP contribution is -2.36. The van der Waals surface area contributed by atoms with Gasteiger partial charge in [-0.3, -0.25) is 4.79 Å². The molecule has 0 spiro atoms. The van der Waals surface area contributed by atoms with Gasteiger partial charge in [0.25, 0.3) is 0 Å². The van der Waals surface area contributed by atoms with Gasteiger partial charge in [0.05, 0.1) is 12.0 Å². The summed E-state index contributed by atoms with van der Waals surface area (Å²) in [6, 6.07) is 5.00. The molecule has 0 aliphatic carbocycles. The smallest absolute Gasteiger partial charge is 0.243 e. The molecule has 1 unspecified atom stereocenters. The molecule has 1 aromatic carbocycles. The van der Waals surface area contributed by atoms with Crippen LogP contribution in [0.1, 0.15) is 45.6 Å². The van der Waals surface area contributed by atoms with E-state index in [0.717, 1.165) is 18.4 Å². The molecule has 1 saturated heterocycles. The predicted molar refractivity (Wildman–Crippen MR) is 102 cm³/mol. The maximum Gasteiger partial charge on any atom is 0.243 e. The number of sulfonamides is 1. The van der Waals surface area contributed by atoms with Gasteiger partial charge in [0.2, 0.25) is 15.9 Å². The second-order valence-corrected chi connectivity index (χ2v) is 9.12. The minimum absolute atomic E-state index is 0.0407. The Morgan fingerprint density at radius 1 is 1.23 bits per heavy atom. The quantitative estimate of drug-likeness (QED) is 0.750. The minimum Gasteiger partial charge on any atom is -0.496 e. The standard InChI is InChI=1S/C19H30N2O4S/c1-14(2)15(3)20-19(22)10-7-16-13-17(8-9-18(16)25-4)26(23,24)21-11-5-6-12-21/h8-9,13-15H,5-7,10-12H2,1-4H3,(H,20,22). The number of carbonyl (C=O) groups excluding carboxylic acids is 1. The molecule has 1 aliphatic rings. The molecule has 1 heterocycles. The molecule has 0 radical (unpaired) electrons. The van der Waals surface area contributed by atoms with Crippen LogP contribution in [0, 0.1) is 5.92 Å². The van der Waals surface area contributed by atoms with E-state index in [9.17, 15) is 13.2 Å². The van der Waals surface area contributed by atoms with Gasteiger partial charge < -0.3 is 10.1 Å². The topological polar surface area (TPSA) is 75.7 Å². The van der Waals surface area contributed by atoms with Crippen LogP contribution in [-0.2, 0) is 21.2 Å². The molecule has 1 amide bonds. The molecular weight excluding hydrogens is 352 g/mol. The maximum atomic E-state index is 12.8. The lowest BCUT2D eigenvalue weighted by molar-refractivity contribution is -0.121. The van der Waals surface area contributed by atoms with Crippen LogP contribution in [0.4, 0.5) is 0 Å². The number of aryl methyl sites for hydroxylation is 1. The Labute approximate surface area is 157 Å². The van der Waals surface area contributed by atoms with Gasteiger partial charge in [-0.25, -0.2) is 8.42 Å². The van der Waals surface area contributed by atoms with E-state index >= 15 is 0 Å². The zero-order valence-corrected chi connectivity index (χ0v) is 16.9. The largest absolute Gasteiger partial charge is 0.496 e. The summed E-state index contributed by atoms with van der Waals surface area (Å²) >= 11 is 0. The number of ether oxygens (including phenoxy) is 1. The average Bonchev–Trinajstić information content (AvgIpc) is 3.15. The van der Waals surface area contributed by atoms with Gasteiger partial charge in [-0.2, -0.15) is 4.31 Å². The van der Waals surface area contributed by atoms with E-state index in [1.165, 1.54) is 4.31 Å². The lowest BCUT2D eigenvalue weighted by atomic mass is 10.1. The summed E-state index contributed by atoms with van der Waals surface area (Å²) < 4.78 is 32.4. The van der Waals surface area contributed by atoms with E-state index in [1.807, 2.05) is 6.92 Å². The molecule has 1 N–H and O–H groups in total.